The van der Waals surface area contributed by atoms with Gasteiger partial charge in [-0.15, -0.1) is 0 Å². The molecule has 7 heteroatoms. The van der Waals surface area contributed by atoms with E-state index in [1.54, 1.807) is 23.8 Å². The van der Waals surface area contributed by atoms with Crippen molar-refractivity contribution >= 4 is 21.2 Å². The summed E-state index contributed by atoms with van der Waals surface area (Å²) in [7, 11) is -2.96. The average molecular weight is 296 g/mol. The Morgan fingerprint density at radius 1 is 1.40 bits per heavy atom. The molecule has 0 radical (unpaired) electrons. The van der Waals surface area contributed by atoms with Crippen LogP contribution in [0.15, 0.2) is 18.5 Å². The molecule has 2 aromatic rings. The summed E-state index contributed by atoms with van der Waals surface area (Å²) in [6.45, 7) is 6.16. The Labute approximate surface area is 119 Å². The summed E-state index contributed by atoms with van der Waals surface area (Å²) in [5.41, 5.74) is 1.85. The number of sulfone groups is 1. The van der Waals surface area contributed by atoms with Crippen LogP contribution in [0.25, 0.3) is 5.52 Å². The Morgan fingerprint density at radius 3 is 2.80 bits per heavy atom. The second-order valence-electron chi connectivity index (χ2n) is 4.99. The highest BCUT2D eigenvalue weighted by Gasteiger charge is 2.11. The maximum atomic E-state index is 11.5. The van der Waals surface area contributed by atoms with Gasteiger partial charge in [0.2, 0.25) is 0 Å². The van der Waals surface area contributed by atoms with Crippen molar-refractivity contribution < 1.29 is 8.42 Å². The number of nitrogens with one attached hydrogen (secondary N) is 1. The van der Waals surface area contributed by atoms with Gasteiger partial charge in [-0.05, 0) is 12.0 Å². The maximum Gasteiger partial charge on any atom is 0.152 e. The van der Waals surface area contributed by atoms with Gasteiger partial charge in [-0.1, -0.05) is 20.8 Å². The summed E-state index contributed by atoms with van der Waals surface area (Å²) in [6, 6.07) is 1.98. The Hall–Kier alpha value is -1.63. The van der Waals surface area contributed by atoms with E-state index >= 15 is 0 Å². The summed E-state index contributed by atoms with van der Waals surface area (Å²) in [5, 5.41) is 7.54. The van der Waals surface area contributed by atoms with Crippen molar-refractivity contribution in [1.82, 2.24) is 14.6 Å². The van der Waals surface area contributed by atoms with Gasteiger partial charge in [0.1, 0.15) is 5.52 Å². The maximum absolute atomic E-state index is 11.5. The topological polar surface area (TPSA) is 76.4 Å². The SMILES string of the molecule is CCS(=O)(=O)CCNc1nccn2nc(C(C)C)cc12. The number of hydrogen-bond acceptors (Lipinski definition) is 5. The Kier molecular flexibility index (Phi) is 4.27. The van der Waals surface area contributed by atoms with Crippen LogP contribution in [-0.4, -0.2) is 41.1 Å². The van der Waals surface area contributed by atoms with Crippen molar-refractivity contribution in [2.45, 2.75) is 26.7 Å². The highest BCUT2D eigenvalue weighted by atomic mass is 32.2. The third-order valence-corrected chi connectivity index (χ3v) is 4.85. The number of aromatic nitrogens is 3. The monoisotopic (exact) mass is 296 g/mol. The van der Waals surface area contributed by atoms with Crippen LogP contribution in [0.1, 0.15) is 32.4 Å². The van der Waals surface area contributed by atoms with E-state index in [4.69, 9.17) is 0 Å². The summed E-state index contributed by atoms with van der Waals surface area (Å²) >= 11 is 0. The zero-order valence-corrected chi connectivity index (χ0v) is 12.8. The van der Waals surface area contributed by atoms with Gasteiger partial charge in [-0.2, -0.15) is 5.10 Å². The third kappa shape index (κ3) is 3.27. The lowest BCUT2D eigenvalue weighted by Crippen LogP contribution is -2.17. The molecule has 20 heavy (non-hydrogen) atoms. The smallest absolute Gasteiger partial charge is 0.152 e. The zero-order chi connectivity index (χ0) is 14.8. The van der Waals surface area contributed by atoms with Crippen molar-refractivity contribution in [3.63, 3.8) is 0 Å². The molecule has 1 N–H and O–H groups in total. The van der Waals surface area contributed by atoms with Crippen LogP contribution in [0.3, 0.4) is 0 Å². The van der Waals surface area contributed by atoms with Crippen molar-refractivity contribution in [2.24, 2.45) is 0 Å². The van der Waals surface area contributed by atoms with Gasteiger partial charge in [0.05, 0.1) is 11.4 Å². The summed E-state index contributed by atoms with van der Waals surface area (Å²) in [4.78, 5) is 4.26. The fraction of sp³-hybridized carbons (Fsp3) is 0.538. The van der Waals surface area contributed by atoms with Crippen LogP contribution >= 0.6 is 0 Å². The number of fused-ring (bicyclic) bond motifs is 1. The molecule has 0 aliphatic rings. The van der Waals surface area contributed by atoms with E-state index < -0.39 is 9.84 Å². The second-order valence-corrected chi connectivity index (χ2v) is 7.47. The lowest BCUT2D eigenvalue weighted by Gasteiger charge is -2.06. The van der Waals surface area contributed by atoms with E-state index in [1.165, 1.54) is 0 Å². The van der Waals surface area contributed by atoms with Crippen molar-refractivity contribution in [3.8, 4) is 0 Å². The molecule has 110 valence electrons. The average Bonchev–Trinajstić information content (AvgIpc) is 2.83. The van der Waals surface area contributed by atoms with Gasteiger partial charge < -0.3 is 5.32 Å². The minimum absolute atomic E-state index is 0.109. The fourth-order valence-electron chi connectivity index (χ4n) is 1.83. The Morgan fingerprint density at radius 2 is 2.15 bits per heavy atom. The summed E-state index contributed by atoms with van der Waals surface area (Å²) in [6.07, 6.45) is 3.44. The third-order valence-electron chi connectivity index (χ3n) is 3.15. The number of rotatable bonds is 6. The lowest BCUT2D eigenvalue weighted by molar-refractivity contribution is 0.597. The fourth-order valence-corrected chi connectivity index (χ4v) is 2.53. The largest absolute Gasteiger partial charge is 0.367 e. The molecule has 0 bridgehead atoms. The molecule has 0 fully saturated rings. The van der Waals surface area contributed by atoms with E-state index in [9.17, 15) is 8.42 Å². The molecule has 2 rings (SSSR count). The molecule has 6 nitrogen and oxygen atoms in total. The van der Waals surface area contributed by atoms with Crippen molar-refractivity contribution in [3.05, 3.63) is 24.2 Å². The molecule has 0 atom stereocenters. The van der Waals surface area contributed by atoms with E-state index in [0.717, 1.165) is 11.2 Å². The van der Waals surface area contributed by atoms with Gasteiger partial charge in [-0.25, -0.2) is 17.9 Å². The van der Waals surface area contributed by atoms with Gasteiger partial charge in [0, 0.05) is 24.7 Å². The van der Waals surface area contributed by atoms with Crippen LogP contribution in [0, 0.1) is 0 Å². The molecule has 2 aromatic heterocycles. The highest BCUT2D eigenvalue weighted by molar-refractivity contribution is 7.91. The van der Waals surface area contributed by atoms with Crippen LogP contribution in [0.4, 0.5) is 5.82 Å². The molecule has 0 aliphatic heterocycles. The standard InChI is InChI=1S/C13H20N4O2S/c1-4-20(18,19)8-6-15-13-12-9-11(10(2)3)16-17(12)7-5-14-13/h5,7,9-10H,4,6,8H2,1-3H3,(H,14,15). The van der Waals surface area contributed by atoms with Crippen LogP contribution in [-0.2, 0) is 9.84 Å². The summed E-state index contributed by atoms with van der Waals surface area (Å²) in [5.74, 6) is 1.27. The van der Waals surface area contributed by atoms with Crippen molar-refractivity contribution in [2.75, 3.05) is 23.4 Å². The molecule has 0 amide bonds. The van der Waals surface area contributed by atoms with Crippen molar-refractivity contribution in [1.29, 1.82) is 0 Å². The molecule has 0 aliphatic carbocycles. The van der Waals surface area contributed by atoms with E-state index in [1.807, 2.05) is 6.07 Å². The minimum Gasteiger partial charge on any atom is -0.367 e. The van der Waals surface area contributed by atoms with Gasteiger partial charge in [-0.3, -0.25) is 0 Å². The first kappa shape index (κ1) is 14.8. The van der Waals surface area contributed by atoms with E-state index in [-0.39, 0.29) is 11.5 Å². The lowest BCUT2D eigenvalue weighted by atomic mass is 10.1. The normalized spacial score (nSPS) is 12.2. The first-order chi connectivity index (χ1) is 9.43. The second kappa shape index (κ2) is 5.78. The van der Waals surface area contributed by atoms with Crippen LogP contribution in [0.2, 0.25) is 0 Å². The molecule has 0 aromatic carbocycles. The van der Waals surface area contributed by atoms with Crippen LogP contribution < -0.4 is 5.32 Å². The van der Waals surface area contributed by atoms with Crippen LogP contribution in [0.5, 0.6) is 0 Å². The predicted molar refractivity (Wildman–Crippen MR) is 79.9 cm³/mol. The molecule has 0 saturated carbocycles. The quantitative estimate of drug-likeness (QED) is 0.878. The molecule has 2 heterocycles. The Bertz CT molecular complexity index is 691. The summed E-state index contributed by atoms with van der Waals surface area (Å²) < 4.78 is 24.7. The van der Waals surface area contributed by atoms with Gasteiger partial charge >= 0.3 is 0 Å². The first-order valence-electron chi connectivity index (χ1n) is 6.71. The minimum atomic E-state index is -2.96. The molecule has 0 unspecified atom stereocenters. The number of hydrogen-bond donors (Lipinski definition) is 1. The van der Waals surface area contributed by atoms with E-state index in [0.29, 0.717) is 18.3 Å². The first-order valence-corrected chi connectivity index (χ1v) is 8.53. The van der Waals surface area contributed by atoms with E-state index in [2.05, 4.69) is 29.2 Å². The highest BCUT2D eigenvalue weighted by Crippen LogP contribution is 2.19. The number of anilines is 1. The number of nitrogens with zero attached hydrogens (tertiary/aromatic N) is 3. The van der Waals surface area contributed by atoms with Gasteiger partial charge in [0.25, 0.3) is 0 Å². The predicted octanol–water partition coefficient (Wildman–Crippen LogP) is 1.70. The molecular formula is C13H20N4O2S. The molecule has 0 saturated heterocycles. The van der Waals surface area contributed by atoms with Gasteiger partial charge in [0.15, 0.2) is 15.7 Å². The molecular weight excluding hydrogens is 276 g/mol. The Balaban J connectivity index is 2.18. The molecule has 0 spiro atoms. The zero-order valence-electron chi connectivity index (χ0n) is 12.0.